The lowest BCUT2D eigenvalue weighted by molar-refractivity contribution is 0.0463. The lowest BCUT2D eigenvalue weighted by Gasteiger charge is -2.35. The lowest BCUT2D eigenvalue weighted by atomic mass is 10.1. The predicted molar refractivity (Wildman–Crippen MR) is 70.8 cm³/mol. The second-order valence-corrected chi connectivity index (χ2v) is 5.09. The number of piperazine rings is 1. The summed E-state index contributed by atoms with van der Waals surface area (Å²) in [6, 6.07) is 7.35. The number of amides is 2. The Morgan fingerprint density at radius 1 is 1.21 bits per heavy atom. The van der Waals surface area contributed by atoms with Crippen LogP contribution in [0.2, 0.25) is 0 Å². The highest BCUT2D eigenvalue weighted by Gasteiger charge is 2.36. The van der Waals surface area contributed by atoms with Gasteiger partial charge in [-0.05, 0) is 19.1 Å². The number of nitrogens with one attached hydrogen (secondary N) is 1. The van der Waals surface area contributed by atoms with E-state index < -0.39 is 0 Å². The van der Waals surface area contributed by atoms with Crippen molar-refractivity contribution >= 4 is 11.8 Å². The summed E-state index contributed by atoms with van der Waals surface area (Å²) in [6.45, 7) is 5.13. The maximum Gasteiger partial charge on any atom is 0.262 e. The number of benzene rings is 1. The Bertz CT molecular complexity index is 494. The molecule has 5 nitrogen and oxygen atoms in total. The molecule has 1 atom stereocenters. The highest BCUT2D eigenvalue weighted by Crippen LogP contribution is 2.23. The average molecular weight is 259 g/mol. The van der Waals surface area contributed by atoms with E-state index in [1.54, 1.807) is 24.3 Å². The van der Waals surface area contributed by atoms with Crippen LogP contribution in [0.3, 0.4) is 0 Å². The quantitative estimate of drug-likeness (QED) is 0.787. The van der Waals surface area contributed by atoms with Crippen molar-refractivity contribution in [1.82, 2.24) is 15.1 Å². The molecule has 1 saturated heterocycles. The molecule has 19 heavy (non-hydrogen) atoms. The van der Waals surface area contributed by atoms with Gasteiger partial charge in [-0.1, -0.05) is 12.1 Å². The second kappa shape index (κ2) is 4.75. The molecule has 5 heteroatoms. The number of imide groups is 1. The number of rotatable bonds is 2. The zero-order valence-corrected chi connectivity index (χ0v) is 10.9. The van der Waals surface area contributed by atoms with E-state index in [4.69, 9.17) is 0 Å². The van der Waals surface area contributed by atoms with Crippen molar-refractivity contribution in [3.05, 3.63) is 35.4 Å². The number of hydrogen-bond donors (Lipinski definition) is 1. The van der Waals surface area contributed by atoms with Gasteiger partial charge < -0.3 is 5.32 Å². The van der Waals surface area contributed by atoms with E-state index in [2.05, 4.69) is 17.1 Å². The summed E-state index contributed by atoms with van der Waals surface area (Å²) in [5.74, 6) is -0.349. The second-order valence-electron chi connectivity index (χ2n) is 5.09. The monoisotopic (exact) mass is 259 g/mol. The van der Waals surface area contributed by atoms with Crippen LogP contribution in [-0.4, -0.2) is 54.0 Å². The SMILES string of the molecule is CC1CNCCN1CN1C(=O)c2ccccc2C1=O. The average Bonchev–Trinajstić information content (AvgIpc) is 2.67. The van der Waals surface area contributed by atoms with Gasteiger partial charge in [0, 0.05) is 25.7 Å². The van der Waals surface area contributed by atoms with E-state index in [0.717, 1.165) is 19.6 Å². The first kappa shape index (κ1) is 12.3. The van der Waals surface area contributed by atoms with Crippen LogP contribution in [-0.2, 0) is 0 Å². The summed E-state index contributed by atoms with van der Waals surface area (Å²) in [5.41, 5.74) is 1.05. The van der Waals surface area contributed by atoms with Crippen LogP contribution in [0.5, 0.6) is 0 Å². The minimum Gasteiger partial charge on any atom is -0.314 e. The molecule has 2 amide bonds. The summed E-state index contributed by atoms with van der Waals surface area (Å²) >= 11 is 0. The maximum absolute atomic E-state index is 12.3. The van der Waals surface area contributed by atoms with Crippen molar-refractivity contribution in [1.29, 1.82) is 0 Å². The van der Waals surface area contributed by atoms with Crippen LogP contribution in [0, 0.1) is 0 Å². The molecule has 0 saturated carbocycles. The molecule has 1 N–H and O–H groups in total. The summed E-state index contributed by atoms with van der Waals surface area (Å²) < 4.78 is 0. The van der Waals surface area contributed by atoms with E-state index in [0.29, 0.717) is 23.8 Å². The molecule has 0 spiro atoms. The fourth-order valence-corrected chi connectivity index (χ4v) is 2.64. The van der Waals surface area contributed by atoms with Gasteiger partial charge in [-0.3, -0.25) is 19.4 Å². The first-order chi connectivity index (χ1) is 9.18. The van der Waals surface area contributed by atoms with Gasteiger partial charge in [0.15, 0.2) is 0 Å². The van der Waals surface area contributed by atoms with Crippen molar-refractivity contribution < 1.29 is 9.59 Å². The van der Waals surface area contributed by atoms with Crippen molar-refractivity contribution in [2.24, 2.45) is 0 Å². The van der Waals surface area contributed by atoms with Crippen LogP contribution >= 0.6 is 0 Å². The van der Waals surface area contributed by atoms with E-state index in [1.165, 1.54) is 4.90 Å². The highest BCUT2D eigenvalue weighted by atomic mass is 16.2. The first-order valence-corrected chi connectivity index (χ1v) is 6.58. The van der Waals surface area contributed by atoms with Crippen LogP contribution in [0.25, 0.3) is 0 Å². The van der Waals surface area contributed by atoms with Crippen LogP contribution in [0.15, 0.2) is 24.3 Å². The molecular weight excluding hydrogens is 242 g/mol. The largest absolute Gasteiger partial charge is 0.314 e. The Kier molecular flexibility index (Phi) is 3.08. The molecular formula is C14H17N3O2. The Balaban J connectivity index is 1.80. The topological polar surface area (TPSA) is 52.6 Å². The number of carbonyl (C=O) groups is 2. The fraction of sp³-hybridized carbons (Fsp3) is 0.429. The number of hydrogen-bond acceptors (Lipinski definition) is 4. The first-order valence-electron chi connectivity index (χ1n) is 6.58. The van der Waals surface area contributed by atoms with Gasteiger partial charge in [0.05, 0.1) is 17.8 Å². The standard InChI is InChI=1S/C14H17N3O2/c1-10-8-15-6-7-16(10)9-17-13(18)11-4-2-3-5-12(11)14(17)19/h2-5,10,15H,6-9H2,1H3. The Morgan fingerprint density at radius 3 is 2.42 bits per heavy atom. The number of fused-ring (bicyclic) bond motifs is 1. The van der Waals surface area contributed by atoms with Crippen LogP contribution in [0.1, 0.15) is 27.6 Å². The maximum atomic E-state index is 12.3. The molecule has 1 fully saturated rings. The molecule has 100 valence electrons. The summed E-state index contributed by atoms with van der Waals surface area (Å²) in [4.78, 5) is 28.0. The van der Waals surface area contributed by atoms with Crippen molar-refractivity contribution in [3.8, 4) is 0 Å². The smallest absolute Gasteiger partial charge is 0.262 e. The van der Waals surface area contributed by atoms with Gasteiger partial charge in [0.25, 0.3) is 11.8 Å². The molecule has 2 aliphatic heterocycles. The van der Waals surface area contributed by atoms with Gasteiger partial charge in [-0.2, -0.15) is 0 Å². The summed E-state index contributed by atoms with van der Waals surface area (Å²) in [7, 11) is 0. The molecule has 3 rings (SSSR count). The van der Waals surface area contributed by atoms with Crippen molar-refractivity contribution in [2.45, 2.75) is 13.0 Å². The van der Waals surface area contributed by atoms with E-state index in [1.807, 2.05) is 0 Å². The molecule has 1 aromatic carbocycles. The highest BCUT2D eigenvalue weighted by molar-refractivity contribution is 6.21. The Hall–Kier alpha value is -1.72. The zero-order valence-electron chi connectivity index (χ0n) is 10.9. The van der Waals surface area contributed by atoms with Crippen LogP contribution < -0.4 is 5.32 Å². The van der Waals surface area contributed by atoms with E-state index in [-0.39, 0.29) is 11.8 Å². The van der Waals surface area contributed by atoms with Gasteiger partial charge in [-0.15, -0.1) is 0 Å². The van der Waals surface area contributed by atoms with E-state index in [9.17, 15) is 9.59 Å². The molecule has 2 aliphatic rings. The summed E-state index contributed by atoms with van der Waals surface area (Å²) in [5, 5.41) is 3.30. The third-order valence-electron chi connectivity index (χ3n) is 3.84. The van der Waals surface area contributed by atoms with Crippen molar-refractivity contribution in [3.63, 3.8) is 0 Å². The molecule has 2 heterocycles. The Morgan fingerprint density at radius 2 is 1.84 bits per heavy atom. The Labute approximate surface area is 112 Å². The van der Waals surface area contributed by atoms with Crippen LogP contribution in [0.4, 0.5) is 0 Å². The van der Waals surface area contributed by atoms with Gasteiger partial charge in [-0.25, -0.2) is 0 Å². The fourth-order valence-electron chi connectivity index (χ4n) is 2.64. The molecule has 0 aromatic heterocycles. The molecule has 1 unspecified atom stereocenters. The predicted octanol–water partition coefficient (Wildman–Crippen LogP) is 0.534. The number of nitrogens with zero attached hydrogens (tertiary/aromatic N) is 2. The van der Waals surface area contributed by atoms with Crippen molar-refractivity contribution in [2.75, 3.05) is 26.3 Å². The lowest BCUT2D eigenvalue weighted by Crippen LogP contribution is -2.54. The molecule has 0 bridgehead atoms. The summed E-state index contributed by atoms with van der Waals surface area (Å²) in [6.07, 6.45) is 0. The van der Waals surface area contributed by atoms with Gasteiger partial charge >= 0.3 is 0 Å². The molecule has 0 aliphatic carbocycles. The van der Waals surface area contributed by atoms with Gasteiger partial charge in [0.1, 0.15) is 0 Å². The minimum atomic E-state index is -0.175. The normalized spacial score (nSPS) is 23.8. The minimum absolute atomic E-state index is 0.175. The number of carbonyl (C=O) groups excluding carboxylic acids is 2. The third-order valence-corrected chi connectivity index (χ3v) is 3.84. The molecule has 1 aromatic rings. The molecule has 0 radical (unpaired) electrons. The van der Waals surface area contributed by atoms with Gasteiger partial charge in [0.2, 0.25) is 0 Å². The third kappa shape index (κ3) is 2.05. The van der Waals surface area contributed by atoms with E-state index >= 15 is 0 Å². The zero-order chi connectivity index (χ0) is 13.4.